The van der Waals surface area contributed by atoms with Crippen LogP contribution in [-0.2, 0) is 18.0 Å². The number of piperazine rings is 1. The van der Waals surface area contributed by atoms with Crippen LogP contribution >= 0.6 is 12.2 Å². The molecule has 0 atom stereocenters. The lowest BCUT2D eigenvalue weighted by Crippen LogP contribution is -2.46. The standard InChI is InChI=1S/C19H28N4OS/c1-16-17(2)23(19(25)22(16)13-14-24-3)15-20-9-11-21(12-10-20)18-7-5-4-6-8-18/h4-8H,9-15H2,1-3H3. The molecule has 25 heavy (non-hydrogen) atoms. The van der Waals surface area contributed by atoms with Crippen molar-refractivity contribution in [1.82, 2.24) is 14.0 Å². The Morgan fingerprint density at radius 2 is 1.60 bits per heavy atom. The third-order valence-electron chi connectivity index (χ3n) is 5.15. The van der Waals surface area contributed by atoms with Gasteiger partial charge in [-0.3, -0.25) is 4.90 Å². The summed E-state index contributed by atoms with van der Waals surface area (Å²) in [6.07, 6.45) is 0. The van der Waals surface area contributed by atoms with E-state index in [0.29, 0.717) is 6.61 Å². The fourth-order valence-corrected chi connectivity index (χ4v) is 3.84. The number of anilines is 1. The first-order valence-electron chi connectivity index (χ1n) is 8.89. The van der Waals surface area contributed by atoms with Gasteiger partial charge in [-0.05, 0) is 38.2 Å². The Labute approximate surface area is 155 Å². The van der Waals surface area contributed by atoms with Crippen molar-refractivity contribution in [3.8, 4) is 0 Å². The van der Waals surface area contributed by atoms with Crippen molar-refractivity contribution in [3.05, 3.63) is 46.5 Å². The van der Waals surface area contributed by atoms with E-state index in [1.54, 1.807) is 7.11 Å². The number of aromatic nitrogens is 2. The molecule has 3 rings (SSSR count). The van der Waals surface area contributed by atoms with Gasteiger partial charge in [-0.2, -0.15) is 0 Å². The Kier molecular flexibility index (Phi) is 5.93. The normalized spacial score (nSPS) is 15.7. The lowest BCUT2D eigenvalue weighted by atomic mass is 10.2. The molecule has 0 aliphatic carbocycles. The maximum atomic E-state index is 5.72. The molecule has 1 aliphatic heterocycles. The smallest absolute Gasteiger partial charge is 0.181 e. The van der Waals surface area contributed by atoms with Crippen molar-refractivity contribution in [1.29, 1.82) is 0 Å². The second-order valence-electron chi connectivity index (χ2n) is 6.61. The summed E-state index contributed by atoms with van der Waals surface area (Å²) in [6, 6.07) is 10.7. The summed E-state index contributed by atoms with van der Waals surface area (Å²) in [4.78, 5) is 4.94. The third-order valence-corrected chi connectivity index (χ3v) is 5.59. The average Bonchev–Trinajstić information content (AvgIpc) is 2.85. The molecule has 2 aromatic rings. The first-order valence-corrected chi connectivity index (χ1v) is 9.30. The molecule has 0 bridgehead atoms. The molecule has 0 amide bonds. The summed E-state index contributed by atoms with van der Waals surface area (Å²) < 4.78 is 10.6. The molecule has 0 unspecified atom stereocenters. The first-order chi connectivity index (χ1) is 12.1. The summed E-state index contributed by atoms with van der Waals surface area (Å²) in [7, 11) is 1.73. The quantitative estimate of drug-likeness (QED) is 0.740. The molecule has 6 heteroatoms. The van der Waals surface area contributed by atoms with Gasteiger partial charge in [-0.15, -0.1) is 0 Å². The molecule has 0 radical (unpaired) electrons. The molecule has 136 valence electrons. The molecule has 1 fully saturated rings. The van der Waals surface area contributed by atoms with Crippen molar-refractivity contribution in [2.45, 2.75) is 27.1 Å². The van der Waals surface area contributed by atoms with E-state index >= 15 is 0 Å². The average molecular weight is 361 g/mol. The van der Waals surface area contributed by atoms with Crippen LogP contribution in [0.3, 0.4) is 0 Å². The van der Waals surface area contributed by atoms with Gasteiger partial charge in [0.15, 0.2) is 4.77 Å². The van der Waals surface area contributed by atoms with Crippen LogP contribution in [0.2, 0.25) is 0 Å². The van der Waals surface area contributed by atoms with E-state index in [-0.39, 0.29) is 0 Å². The topological polar surface area (TPSA) is 25.6 Å². The highest BCUT2D eigenvalue weighted by Gasteiger charge is 2.19. The summed E-state index contributed by atoms with van der Waals surface area (Å²) in [5, 5.41) is 0. The number of methoxy groups -OCH3 is 1. The number of nitrogens with zero attached hydrogens (tertiary/aromatic N) is 4. The predicted molar refractivity (Wildman–Crippen MR) is 105 cm³/mol. The van der Waals surface area contributed by atoms with Crippen molar-refractivity contribution < 1.29 is 4.74 Å². The fourth-order valence-electron chi connectivity index (χ4n) is 3.42. The molecule has 0 N–H and O–H groups in total. The van der Waals surface area contributed by atoms with Crippen molar-refractivity contribution in [3.63, 3.8) is 0 Å². The second-order valence-corrected chi connectivity index (χ2v) is 6.97. The van der Waals surface area contributed by atoms with Crippen molar-refractivity contribution in [2.24, 2.45) is 0 Å². The minimum absolute atomic E-state index is 0.689. The molecule has 1 aromatic carbocycles. The van der Waals surface area contributed by atoms with Crippen LogP contribution in [0.1, 0.15) is 11.4 Å². The van der Waals surface area contributed by atoms with Crippen LogP contribution in [0.15, 0.2) is 30.3 Å². The third kappa shape index (κ3) is 3.97. The van der Waals surface area contributed by atoms with E-state index in [1.807, 2.05) is 0 Å². The lowest BCUT2D eigenvalue weighted by Gasteiger charge is -2.36. The Hall–Kier alpha value is -1.63. The van der Waals surface area contributed by atoms with Crippen LogP contribution < -0.4 is 4.90 Å². The van der Waals surface area contributed by atoms with Gasteiger partial charge in [-0.25, -0.2) is 0 Å². The molecule has 0 saturated carbocycles. The number of ether oxygens (including phenoxy) is 1. The number of imidazole rings is 1. The van der Waals surface area contributed by atoms with Crippen molar-refractivity contribution in [2.75, 3.05) is 44.8 Å². The van der Waals surface area contributed by atoms with Crippen LogP contribution in [-0.4, -0.2) is 53.9 Å². The maximum Gasteiger partial charge on any atom is 0.181 e. The van der Waals surface area contributed by atoms with Crippen molar-refractivity contribution >= 4 is 17.9 Å². The second kappa shape index (κ2) is 8.17. The highest BCUT2D eigenvalue weighted by molar-refractivity contribution is 7.71. The van der Waals surface area contributed by atoms with Crippen LogP contribution in [0.5, 0.6) is 0 Å². The number of para-hydroxylation sites is 1. The molecular formula is C19H28N4OS. The molecule has 2 heterocycles. The minimum Gasteiger partial charge on any atom is -0.383 e. The minimum atomic E-state index is 0.689. The zero-order chi connectivity index (χ0) is 17.8. The fraction of sp³-hybridized carbons (Fsp3) is 0.526. The summed E-state index contributed by atoms with van der Waals surface area (Å²) >= 11 is 5.72. The van der Waals surface area contributed by atoms with E-state index in [2.05, 4.69) is 63.1 Å². The van der Waals surface area contributed by atoms with Gasteiger partial charge in [0.2, 0.25) is 0 Å². The molecule has 1 aliphatic rings. The van der Waals surface area contributed by atoms with E-state index in [4.69, 9.17) is 17.0 Å². The SMILES string of the molecule is COCCn1c(C)c(C)n(CN2CCN(c3ccccc3)CC2)c1=S. The predicted octanol–water partition coefficient (Wildman–Crippen LogP) is 3.06. The van der Waals surface area contributed by atoms with Gasteiger partial charge in [0.25, 0.3) is 0 Å². The van der Waals surface area contributed by atoms with Gasteiger partial charge >= 0.3 is 0 Å². The van der Waals surface area contributed by atoms with Gasteiger partial charge in [0.05, 0.1) is 13.3 Å². The monoisotopic (exact) mass is 360 g/mol. The van der Waals surface area contributed by atoms with Gasteiger partial charge in [0, 0.05) is 56.9 Å². The van der Waals surface area contributed by atoms with Gasteiger partial charge < -0.3 is 18.8 Å². The summed E-state index contributed by atoms with van der Waals surface area (Å²) in [5.41, 5.74) is 3.81. The molecular weight excluding hydrogens is 332 g/mol. The van der Waals surface area contributed by atoms with Crippen LogP contribution in [0, 0.1) is 18.6 Å². The van der Waals surface area contributed by atoms with E-state index in [0.717, 1.165) is 44.2 Å². The van der Waals surface area contributed by atoms with Crippen LogP contribution in [0.25, 0.3) is 0 Å². The van der Waals surface area contributed by atoms with Gasteiger partial charge in [-0.1, -0.05) is 18.2 Å². The lowest BCUT2D eigenvalue weighted by molar-refractivity contribution is 0.184. The largest absolute Gasteiger partial charge is 0.383 e. The molecule has 1 saturated heterocycles. The highest BCUT2D eigenvalue weighted by atomic mass is 32.1. The van der Waals surface area contributed by atoms with Gasteiger partial charge in [0.1, 0.15) is 0 Å². The number of rotatable bonds is 6. The summed E-state index contributed by atoms with van der Waals surface area (Å²) in [6.45, 7) is 10.9. The van der Waals surface area contributed by atoms with Crippen LogP contribution in [0.4, 0.5) is 5.69 Å². The highest BCUT2D eigenvalue weighted by Crippen LogP contribution is 2.17. The number of hydrogen-bond acceptors (Lipinski definition) is 4. The molecule has 0 spiro atoms. The Bertz CT molecular complexity index is 745. The molecule has 5 nitrogen and oxygen atoms in total. The number of hydrogen-bond donors (Lipinski definition) is 0. The Morgan fingerprint density at radius 1 is 0.960 bits per heavy atom. The van der Waals surface area contributed by atoms with E-state index < -0.39 is 0 Å². The van der Waals surface area contributed by atoms with E-state index in [1.165, 1.54) is 17.1 Å². The molecule has 1 aromatic heterocycles. The first kappa shape index (κ1) is 18.2. The zero-order valence-corrected chi connectivity index (χ0v) is 16.3. The Morgan fingerprint density at radius 3 is 2.24 bits per heavy atom. The van der Waals surface area contributed by atoms with E-state index in [9.17, 15) is 0 Å². The number of benzene rings is 1. The summed E-state index contributed by atoms with van der Waals surface area (Å²) in [5.74, 6) is 0. The maximum absolute atomic E-state index is 5.72. The Balaban J connectivity index is 1.65. The zero-order valence-electron chi connectivity index (χ0n) is 15.4.